The second-order valence-corrected chi connectivity index (χ2v) is 8.78. The summed E-state index contributed by atoms with van der Waals surface area (Å²) in [7, 11) is -3.67. The Hall–Kier alpha value is -2.92. The van der Waals surface area contributed by atoms with Crippen LogP contribution < -0.4 is 5.32 Å². The van der Waals surface area contributed by atoms with Gasteiger partial charge in [-0.05, 0) is 49.2 Å². The maximum absolute atomic E-state index is 12.7. The first-order valence-corrected chi connectivity index (χ1v) is 10.8. The normalized spacial score (nSPS) is 14.9. The molecule has 0 atom stereocenters. The number of esters is 1. The highest BCUT2D eigenvalue weighted by atomic mass is 32.2. The van der Waals surface area contributed by atoms with Gasteiger partial charge in [0, 0.05) is 18.8 Å². The van der Waals surface area contributed by atoms with Crippen LogP contribution in [0.2, 0.25) is 0 Å². The van der Waals surface area contributed by atoms with Crippen molar-refractivity contribution in [2.45, 2.75) is 23.9 Å². The predicted molar refractivity (Wildman–Crippen MR) is 105 cm³/mol. The third-order valence-electron chi connectivity index (χ3n) is 4.58. The second kappa shape index (κ2) is 9.06. The van der Waals surface area contributed by atoms with Crippen molar-refractivity contribution in [1.29, 1.82) is 0 Å². The molecular weight excluding hydrogens is 437 g/mol. The van der Waals surface area contributed by atoms with E-state index in [9.17, 15) is 31.2 Å². The lowest BCUT2D eigenvalue weighted by Gasteiger charge is -2.16. The molecule has 3 rings (SSSR count). The lowest BCUT2D eigenvalue weighted by molar-refractivity contribution is -0.137. The molecule has 0 spiro atoms. The molecule has 1 amide bonds. The number of hydrogen-bond acceptors (Lipinski definition) is 5. The largest absolute Gasteiger partial charge is 0.452 e. The van der Waals surface area contributed by atoms with E-state index in [4.69, 9.17) is 4.74 Å². The molecule has 2 aromatic carbocycles. The molecule has 0 saturated carbocycles. The van der Waals surface area contributed by atoms with Crippen molar-refractivity contribution >= 4 is 27.6 Å². The molecule has 166 valence electrons. The highest BCUT2D eigenvalue weighted by Gasteiger charge is 2.31. The van der Waals surface area contributed by atoms with Gasteiger partial charge in [0.25, 0.3) is 5.91 Å². The minimum absolute atomic E-state index is 0.0214. The topological polar surface area (TPSA) is 92.8 Å². The SMILES string of the molecule is O=C(COC(=O)c1cccc(C(F)(F)F)c1)Nc1cccc(S(=O)(=O)N2CCCC2)c1. The van der Waals surface area contributed by atoms with Gasteiger partial charge in [0.2, 0.25) is 10.0 Å². The van der Waals surface area contributed by atoms with Crippen molar-refractivity contribution in [2.75, 3.05) is 25.0 Å². The summed E-state index contributed by atoms with van der Waals surface area (Å²) in [6, 6.07) is 9.29. The predicted octanol–water partition coefficient (Wildman–Crippen LogP) is 3.29. The summed E-state index contributed by atoms with van der Waals surface area (Å²) in [6.45, 7) is 0.118. The third-order valence-corrected chi connectivity index (χ3v) is 6.48. The lowest BCUT2D eigenvalue weighted by Crippen LogP contribution is -2.28. The number of rotatable bonds is 6. The standard InChI is InChI=1S/C20H19F3N2O5S/c21-20(22,23)15-6-3-5-14(11-15)19(27)30-13-18(26)24-16-7-4-8-17(12-16)31(28,29)25-9-1-2-10-25/h3-8,11-12H,1-2,9-10,13H2,(H,24,26). The maximum Gasteiger partial charge on any atom is 0.416 e. The fourth-order valence-electron chi connectivity index (χ4n) is 3.05. The summed E-state index contributed by atoms with van der Waals surface area (Å²) in [5, 5.41) is 2.41. The molecule has 0 aliphatic carbocycles. The minimum atomic E-state index is -4.62. The molecule has 31 heavy (non-hydrogen) atoms. The summed E-state index contributed by atoms with van der Waals surface area (Å²) >= 11 is 0. The van der Waals surface area contributed by atoms with Crippen LogP contribution in [0.4, 0.5) is 18.9 Å². The minimum Gasteiger partial charge on any atom is -0.452 e. The molecule has 7 nitrogen and oxygen atoms in total. The van der Waals surface area contributed by atoms with E-state index >= 15 is 0 Å². The van der Waals surface area contributed by atoms with Crippen molar-refractivity contribution in [3.05, 3.63) is 59.7 Å². The van der Waals surface area contributed by atoms with Crippen molar-refractivity contribution < 1.29 is 35.9 Å². The number of amides is 1. The van der Waals surface area contributed by atoms with Crippen molar-refractivity contribution in [2.24, 2.45) is 0 Å². The molecule has 0 aromatic heterocycles. The molecule has 1 fully saturated rings. The summed E-state index contributed by atoms with van der Waals surface area (Å²) < 4.78 is 69.6. The van der Waals surface area contributed by atoms with Crippen molar-refractivity contribution in [3.8, 4) is 0 Å². The van der Waals surface area contributed by atoms with Crippen LogP contribution in [-0.2, 0) is 25.7 Å². The molecule has 2 aromatic rings. The van der Waals surface area contributed by atoms with Gasteiger partial charge in [0.15, 0.2) is 6.61 Å². The number of benzene rings is 2. The molecule has 1 aliphatic heterocycles. The Balaban J connectivity index is 1.61. The molecular formula is C20H19F3N2O5S. The third kappa shape index (κ3) is 5.61. The summed E-state index contributed by atoms with van der Waals surface area (Å²) in [5.41, 5.74) is -1.18. The molecule has 0 radical (unpaired) electrons. The first-order valence-electron chi connectivity index (χ1n) is 9.32. The van der Waals surface area contributed by atoms with E-state index in [-0.39, 0.29) is 16.1 Å². The van der Waals surface area contributed by atoms with Gasteiger partial charge >= 0.3 is 12.1 Å². The van der Waals surface area contributed by atoms with Crippen LogP contribution in [0.5, 0.6) is 0 Å². The Labute approximate surface area is 176 Å². The number of nitrogens with zero attached hydrogens (tertiary/aromatic N) is 1. The average Bonchev–Trinajstić information content (AvgIpc) is 3.27. The van der Waals surface area contributed by atoms with Gasteiger partial charge in [-0.1, -0.05) is 12.1 Å². The monoisotopic (exact) mass is 456 g/mol. The van der Waals surface area contributed by atoms with Crippen LogP contribution in [0.25, 0.3) is 0 Å². The van der Waals surface area contributed by atoms with E-state index in [0.717, 1.165) is 31.0 Å². The number of anilines is 1. The fourth-order valence-corrected chi connectivity index (χ4v) is 4.61. The number of hydrogen-bond donors (Lipinski definition) is 1. The Morgan fingerprint density at radius 3 is 2.39 bits per heavy atom. The van der Waals surface area contributed by atoms with Gasteiger partial charge in [-0.3, -0.25) is 4.79 Å². The van der Waals surface area contributed by atoms with Crippen LogP contribution in [0.3, 0.4) is 0 Å². The Bertz CT molecular complexity index is 1080. The van der Waals surface area contributed by atoms with Crippen LogP contribution in [0, 0.1) is 0 Å². The van der Waals surface area contributed by atoms with Gasteiger partial charge in [-0.2, -0.15) is 17.5 Å². The molecule has 11 heteroatoms. The highest BCUT2D eigenvalue weighted by Crippen LogP contribution is 2.29. The van der Waals surface area contributed by atoms with Crippen LogP contribution in [0.15, 0.2) is 53.4 Å². The quantitative estimate of drug-likeness (QED) is 0.674. The zero-order valence-electron chi connectivity index (χ0n) is 16.2. The van der Waals surface area contributed by atoms with Gasteiger partial charge in [-0.25, -0.2) is 13.2 Å². The van der Waals surface area contributed by atoms with E-state index in [1.54, 1.807) is 0 Å². The number of halogens is 3. The number of sulfonamides is 1. The van der Waals surface area contributed by atoms with E-state index in [0.29, 0.717) is 19.2 Å². The van der Waals surface area contributed by atoms with E-state index in [1.807, 2.05) is 0 Å². The Morgan fingerprint density at radius 2 is 1.71 bits per heavy atom. The fraction of sp³-hybridized carbons (Fsp3) is 0.300. The van der Waals surface area contributed by atoms with Crippen molar-refractivity contribution in [3.63, 3.8) is 0 Å². The second-order valence-electron chi connectivity index (χ2n) is 6.84. The zero-order chi connectivity index (χ0) is 22.6. The van der Waals surface area contributed by atoms with Crippen LogP contribution >= 0.6 is 0 Å². The van der Waals surface area contributed by atoms with Gasteiger partial charge in [-0.15, -0.1) is 0 Å². The highest BCUT2D eigenvalue weighted by molar-refractivity contribution is 7.89. The zero-order valence-corrected chi connectivity index (χ0v) is 17.0. The number of nitrogens with one attached hydrogen (secondary N) is 1. The van der Waals surface area contributed by atoms with E-state index in [2.05, 4.69) is 5.32 Å². The first-order chi connectivity index (χ1) is 14.6. The maximum atomic E-state index is 12.7. The summed E-state index contributed by atoms with van der Waals surface area (Å²) in [4.78, 5) is 24.0. The number of alkyl halides is 3. The lowest BCUT2D eigenvalue weighted by atomic mass is 10.1. The number of carbonyl (C=O) groups excluding carboxylic acids is 2. The average molecular weight is 456 g/mol. The van der Waals surface area contributed by atoms with Crippen LogP contribution in [-0.4, -0.2) is 44.3 Å². The molecule has 1 N–H and O–H groups in total. The molecule has 1 heterocycles. The molecule has 1 saturated heterocycles. The summed E-state index contributed by atoms with van der Waals surface area (Å²) in [6.07, 6.45) is -3.05. The van der Waals surface area contributed by atoms with Gasteiger partial charge < -0.3 is 10.1 Å². The van der Waals surface area contributed by atoms with Gasteiger partial charge in [0.1, 0.15) is 0 Å². The first kappa shape index (κ1) is 22.8. The summed E-state index contributed by atoms with van der Waals surface area (Å²) in [5.74, 6) is -1.86. The smallest absolute Gasteiger partial charge is 0.416 e. The van der Waals surface area contributed by atoms with Crippen LogP contribution in [0.1, 0.15) is 28.8 Å². The van der Waals surface area contributed by atoms with Crippen molar-refractivity contribution in [1.82, 2.24) is 4.31 Å². The molecule has 1 aliphatic rings. The Kier molecular flexibility index (Phi) is 6.65. The number of ether oxygens (including phenoxy) is 1. The van der Waals surface area contributed by atoms with E-state index < -0.39 is 40.2 Å². The molecule has 0 unspecified atom stereocenters. The number of carbonyl (C=O) groups is 2. The Morgan fingerprint density at radius 1 is 1.03 bits per heavy atom. The van der Waals surface area contributed by atoms with E-state index in [1.165, 1.54) is 28.6 Å². The van der Waals surface area contributed by atoms with Gasteiger partial charge in [0.05, 0.1) is 16.0 Å². The molecule has 0 bridgehead atoms.